The Bertz CT molecular complexity index is 1750. The molecule has 8 heteroatoms. The summed E-state index contributed by atoms with van der Waals surface area (Å²) in [5, 5.41) is 9.66. The Kier molecular flexibility index (Phi) is 5.66. The quantitative estimate of drug-likeness (QED) is 0.286. The van der Waals surface area contributed by atoms with Gasteiger partial charge in [0, 0.05) is 52.6 Å². The van der Waals surface area contributed by atoms with Crippen LogP contribution in [-0.2, 0) is 6.54 Å². The molecule has 1 saturated heterocycles. The first kappa shape index (κ1) is 22.7. The summed E-state index contributed by atoms with van der Waals surface area (Å²) in [7, 11) is 0. The van der Waals surface area contributed by atoms with Crippen LogP contribution in [0.25, 0.3) is 55.7 Å². The topological polar surface area (TPSA) is 86.4 Å². The lowest BCUT2D eigenvalue weighted by molar-refractivity contribution is 0.220. The van der Waals surface area contributed by atoms with Crippen LogP contribution in [-0.4, -0.2) is 48.1 Å². The molecule has 0 radical (unpaired) electrons. The van der Waals surface area contributed by atoms with Crippen LogP contribution in [0.15, 0.2) is 73.3 Å². The Labute approximate surface area is 218 Å². The molecule has 1 aliphatic rings. The zero-order valence-electron chi connectivity index (χ0n) is 20.8. The molecule has 1 aliphatic heterocycles. The highest BCUT2D eigenvalue weighted by molar-refractivity contribution is 6.00. The molecule has 0 atom stereocenters. The van der Waals surface area contributed by atoms with E-state index in [9.17, 15) is 4.39 Å². The molecule has 0 aliphatic carbocycles. The van der Waals surface area contributed by atoms with Crippen LogP contribution in [0.4, 0.5) is 4.39 Å². The number of likely N-dealkylation sites (tertiary alicyclic amines) is 1. The van der Waals surface area contributed by atoms with Gasteiger partial charge in [-0.15, -0.1) is 0 Å². The van der Waals surface area contributed by atoms with Crippen molar-refractivity contribution in [3.05, 3.63) is 84.7 Å². The zero-order chi connectivity index (χ0) is 25.5. The molecule has 1 aromatic carbocycles. The summed E-state index contributed by atoms with van der Waals surface area (Å²) in [6.07, 6.45) is 11.3. The zero-order valence-corrected chi connectivity index (χ0v) is 20.8. The van der Waals surface area contributed by atoms with E-state index < -0.39 is 0 Å². The molecular formula is C30H26FN7. The van der Waals surface area contributed by atoms with Crippen molar-refractivity contribution in [1.82, 2.24) is 35.0 Å². The molecule has 0 spiro atoms. The van der Waals surface area contributed by atoms with E-state index in [1.165, 1.54) is 37.0 Å². The number of aromatic nitrogens is 6. The molecule has 0 bridgehead atoms. The van der Waals surface area contributed by atoms with Gasteiger partial charge in [0.15, 0.2) is 0 Å². The van der Waals surface area contributed by atoms with E-state index >= 15 is 0 Å². The Morgan fingerprint density at radius 1 is 0.789 bits per heavy atom. The Hall–Kier alpha value is -4.43. The summed E-state index contributed by atoms with van der Waals surface area (Å²) in [5.41, 5.74) is 8.19. The van der Waals surface area contributed by atoms with Gasteiger partial charge in [0.25, 0.3) is 0 Å². The lowest BCUT2D eigenvalue weighted by Crippen LogP contribution is -2.29. The number of nitrogens with one attached hydrogen (secondary N) is 2. The summed E-state index contributed by atoms with van der Waals surface area (Å²) in [4.78, 5) is 19.8. The second-order valence-corrected chi connectivity index (χ2v) is 9.92. The van der Waals surface area contributed by atoms with Crippen LogP contribution >= 0.6 is 0 Å². The van der Waals surface area contributed by atoms with Crippen molar-refractivity contribution in [3.8, 4) is 33.9 Å². The molecule has 1 fully saturated rings. The Balaban J connectivity index is 1.25. The minimum atomic E-state index is -0.268. The van der Waals surface area contributed by atoms with E-state index in [1.54, 1.807) is 18.3 Å². The third-order valence-electron chi connectivity index (χ3n) is 7.31. The maximum atomic E-state index is 13.5. The minimum absolute atomic E-state index is 0.268. The normalized spacial score (nSPS) is 14.4. The number of aromatic amines is 2. The van der Waals surface area contributed by atoms with Crippen molar-refractivity contribution < 1.29 is 4.39 Å². The van der Waals surface area contributed by atoms with Gasteiger partial charge in [0.05, 0.1) is 28.8 Å². The van der Waals surface area contributed by atoms with Gasteiger partial charge in [-0.2, -0.15) is 5.10 Å². The van der Waals surface area contributed by atoms with Gasteiger partial charge in [0.1, 0.15) is 11.5 Å². The number of hydrogen-bond acceptors (Lipinski definition) is 5. The van der Waals surface area contributed by atoms with Crippen molar-refractivity contribution in [2.45, 2.75) is 25.8 Å². The summed E-state index contributed by atoms with van der Waals surface area (Å²) >= 11 is 0. The number of nitrogens with zero attached hydrogens (tertiary/aromatic N) is 5. The van der Waals surface area contributed by atoms with Gasteiger partial charge in [-0.3, -0.25) is 25.0 Å². The Morgan fingerprint density at radius 2 is 1.63 bits per heavy atom. The summed E-state index contributed by atoms with van der Waals surface area (Å²) < 4.78 is 13.5. The van der Waals surface area contributed by atoms with Crippen molar-refractivity contribution >= 4 is 21.8 Å². The molecule has 0 amide bonds. The molecule has 38 heavy (non-hydrogen) atoms. The van der Waals surface area contributed by atoms with Crippen LogP contribution in [0.1, 0.15) is 24.8 Å². The average molecular weight is 504 g/mol. The van der Waals surface area contributed by atoms with Gasteiger partial charge in [-0.05, 0) is 80.0 Å². The first-order valence-corrected chi connectivity index (χ1v) is 13.0. The van der Waals surface area contributed by atoms with E-state index in [4.69, 9.17) is 4.98 Å². The highest BCUT2D eigenvalue weighted by Crippen LogP contribution is 2.34. The van der Waals surface area contributed by atoms with E-state index in [0.29, 0.717) is 0 Å². The number of H-pyrrole nitrogens is 2. The number of piperidine rings is 1. The predicted molar refractivity (Wildman–Crippen MR) is 147 cm³/mol. The van der Waals surface area contributed by atoms with E-state index in [1.807, 2.05) is 24.7 Å². The molecule has 5 aromatic heterocycles. The van der Waals surface area contributed by atoms with E-state index in [-0.39, 0.29) is 5.82 Å². The van der Waals surface area contributed by atoms with Crippen molar-refractivity contribution in [3.63, 3.8) is 0 Å². The lowest BCUT2D eigenvalue weighted by atomic mass is 10.1. The molecule has 2 N–H and O–H groups in total. The molecule has 6 aromatic rings. The number of benzene rings is 1. The summed E-state index contributed by atoms with van der Waals surface area (Å²) in [5.74, 6) is -0.268. The van der Waals surface area contributed by atoms with Crippen LogP contribution in [0.5, 0.6) is 0 Å². The van der Waals surface area contributed by atoms with Crippen molar-refractivity contribution in [2.75, 3.05) is 13.1 Å². The van der Waals surface area contributed by atoms with Crippen LogP contribution < -0.4 is 0 Å². The second kappa shape index (κ2) is 9.46. The monoisotopic (exact) mass is 503 g/mol. The average Bonchev–Trinajstić information content (AvgIpc) is 3.58. The molecule has 0 saturated carbocycles. The first-order valence-electron chi connectivity index (χ1n) is 13.0. The van der Waals surface area contributed by atoms with Crippen LogP contribution in [0, 0.1) is 5.82 Å². The summed E-state index contributed by atoms with van der Waals surface area (Å²) in [6, 6.07) is 14.7. The van der Waals surface area contributed by atoms with Crippen LogP contribution in [0.2, 0.25) is 0 Å². The van der Waals surface area contributed by atoms with Gasteiger partial charge < -0.3 is 4.98 Å². The maximum Gasteiger partial charge on any atom is 0.123 e. The first-order chi connectivity index (χ1) is 18.7. The molecule has 188 valence electrons. The number of halogens is 1. The summed E-state index contributed by atoms with van der Waals surface area (Å²) in [6.45, 7) is 3.21. The number of rotatable bonds is 5. The molecule has 6 heterocycles. The second-order valence-electron chi connectivity index (χ2n) is 9.92. The smallest absolute Gasteiger partial charge is 0.123 e. The molecule has 7 rings (SSSR count). The maximum absolute atomic E-state index is 13.5. The van der Waals surface area contributed by atoms with Crippen LogP contribution in [0.3, 0.4) is 0 Å². The van der Waals surface area contributed by atoms with Crippen molar-refractivity contribution in [1.29, 1.82) is 0 Å². The predicted octanol–water partition coefficient (Wildman–Crippen LogP) is 6.36. The van der Waals surface area contributed by atoms with Gasteiger partial charge in [0.2, 0.25) is 0 Å². The standard InChI is InChI=1S/C30H26FN7/c31-22-6-4-20(5-7-22)29-23-14-27(35-25(23)8-9-33-29)30-24-13-26(34-17-28(24)36-37-30)21-12-19(15-32-16-21)18-38-10-2-1-3-11-38/h4-9,12-17,35H,1-3,10-11,18H2,(H,36,37). The Morgan fingerprint density at radius 3 is 2.50 bits per heavy atom. The van der Waals surface area contributed by atoms with Gasteiger partial charge in [-0.1, -0.05) is 6.42 Å². The fraction of sp³-hybridized carbons (Fsp3) is 0.200. The lowest BCUT2D eigenvalue weighted by Gasteiger charge is -2.26. The van der Waals surface area contributed by atoms with E-state index in [2.05, 4.69) is 48.2 Å². The third-order valence-corrected chi connectivity index (χ3v) is 7.31. The number of fused-ring (bicyclic) bond motifs is 2. The van der Waals surface area contributed by atoms with Gasteiger partial charge >= 0.3 is 0 Å². The highest BCUT2D eigenvalue weighted by atomic mass is 19.1. The fourth-order valence-electron chi connectivity index (χ4n) is 5.39. The van der Waals surface area contributed by atoms with Gasteiger partial charge in [-0.25, -0.2) is 4.39 Å². The fourth-order valence-corrected chi connectivity index (χ4v) is 5.39. The van der Waals surface area contributed by atoms with Crippen molar-refractivity contribution in [2.24, 2.45) is 0 Å². The minimum Gasteiger partial charge on any atom is -0.353 e. The third kappa shape index (κ3) is 4.22. The number of hydrogen-bond donors (Lipinski definition) is 2. The highest BCUT2D eigenvalue weighted by Gasteiger charge is 2.16. The molecular weight excluding hydrogens is 477 g/mol. The largest absolute Gasteiger partial charge is 0.353 e. The molecule has 0 unspecified atom stereocenters. The van der Waals surface area contributed by atoms with E-state index in [0.717, 1.165) is 75.3 Å². The molecule has 7 nitrogen and oxygen atoms in total. The SMILES string of the molecule is Fc1ccc(-c2nccc3[nH]c(-c4n[nH]c5cnc(-c6cncc(CN7CCCCC7)c6)cc45)cc23)cc1. The number of pyridine rings is 3.